The average Bonchev–Trinajstić information content (AvgIpc) is 1.98. The Balaban J connectivity index is 3.03. The van der Waals surface area contributed by atoms with E-state index >= 15 is 0 Å². The first-order chi connectivity index (χ1) is 5.69. The van der Waals surface area contributed by atoms with Crippen molar-refractivity contribution in [2.24, 2.45) is 5.92 Å². The van der Waals surface area contributed by atoms with Gasteiger partial charge in [0.2, 0.25) is 0 Å². The normalized spacial score (nSPS) is 33.4. The lowest BCUT2D eigenvalue weighted by atomic mass is 9.74. The Kier molecular flexibility index (Phi) is 2.31. The number of hydrogen-bond donors (Lipinski definition) is 0. The Labute approximate surface area is 81.3 Å². The standard InChI is InChI=1S/C11H21NO/c1-8-7-10(2,3)12(6)11(4,5)9(8)13/h8H,7H2,1-6H3. The molecule has 0 saturated carbocycles. The molecule has 1 unspecified atom stereocenters. The molecule has 1 heterocycles. The van der Waals surface area contributed by atoms with E-state index in [9.17, 15) is 4.79 Å². The molecule has 2 heteroatoms. The molecule has 1 rings (SSSR count). The summed E-state index contributed by atoms with van der Waals surface area (Å²) in [4.78, 5) is 14.1. The van der Waals surface area contributed by atoms with Gasteiger partial charge < -0.3 is 0 Å². The summed E-state index contributed by atoms with van der Waals surface area (Å²) in [5, 5.41) is 0. The second-order valence-corrected chi connectivity index (χ2v) is 5.40. The monoisotopic (exact) mass is 183 g/mol. The summed E-state index contributed by atoms with van der Waals surface area (Å²) in [5.41, 5.74) is -0.169. The Bertz CT molecular complexity index is 230. The predicted molar refractivity (Wildman–Crippen MR) is 54.7 cm³/mol. The van der Waals surface area contributed by atoms with Crippen LogP contribution in [0.4, 0.5) is 0 Å². The summed E-state index contributed by atoms with van der Waals surface area (Å²) in [6.07, 6.45) is 0.964. The molecule has 1 atom stereocenters. The van der Waals surface area contributed by atoms with Crippen LogP contribution in [0.2, 0.25) is 0 Å². The minimum atomic E-state index is -0.304. The van der Waals surface area contributed by atoms with E-state index in [1.807, 2.05) is 27.8 Å². The van der Waals surface area contributed by atoms with Gasteiger partial charge in [0.25, 0.3) is 0 Å². The van der Waals surface area contributed by atoms with Crippen LogP contribution in [0.1, 0.15) is 41.0 Å². The van der Waals surface area contributed by atoms with Gasteiger partial charge in [0.05, 0.1) is 5.54 Å². The summed E-state index contributed by atoms with van der Waals surface area (Å²) >= 11 is 0. The Morgan fingerprint density at radius 1 is 1.31 bits per heavy atom. The van der Waals surface area contributed by atoms with Crippen LogP contribution >= 0.6 is 0 Å². The molecule has 0 radical (unpaired) electrons. The lowest BCUT2D eigenvalue weighted by Crippen LogP contribution is -2.63. The van der Waals surface area contributed by atoms with Crippen molar-refractivity contribution in [2.75, 3.05) is 7.05 Å². The lowest BCUT2D eigenvalue weighted by molar-refractivity contribution is -0.144. The molecule has 13 heavy (non-hydrogen) atoms. The molecule has 0 aromatic heterocycles. The zero-order valence-electron chi connectivity index (χ0n) is 9.64. The van der Waals surface area contributed by atoms with Crippen molar-refractivity contribution in [1.29, 1.82) is 0 Å². The van der Waals surface area contributed by atoms with E-state index in [0.717, 1.165) is 6.42 Å². The lowest BCUT2D eigenvalue weighted by Gasteiger charge is -2.51. The number of hydrogen-bond acceptors (Lipinski definition) is 2. The SMILES string of the molecule is CC1CC(C)(C)N(C)C(C)(C)C1=O. The van der Waals surface area contributed by atoms with Crippen molar-refractivity contribution < 1.29 is 4.79 Å². The van der Waals surface area contributed by atoms with Crippen LogP contribution in [0.3, 0.4) is 0 Å². The topological polar surface area (TPSA) is 20.3 Å². The number of piperidine rings is 1. The van der Waals surface area contributed by atoms with Crippen LogP contribution in [-0.4, -0.2) is 28.8 Å². The van der Waals surface area contributed by atoms with E-state index in [-0.39, 0.29) is 17.0 Å². The van der Waals surface area contributed by atoms with E-state index < -0.39 is 0 Å². The van der Waals surface area contributed by atoms with E-state index in [0.29, 0.717) is 5.78 Å². The number of carbonyl (C=O) groups excluding carboxylic acids is 1. The van der Waals surface area contributed by atoms with Gasteiger partial charge >= 0.3 is 0 Å². The molecule has 0 N–H and O–H groups in total. The smallest absolute Gasteiger partial charge is 0.155 e. The first-order valence-corrected chi connectivity index (χ1v) is 4.98. The van der Waals surface area contributed by atoms with Crippen LogP contribution < -0.4 is 0 Å². The number of ketones is 1. The molecule has 1 aliphatic rings. The quantitative estimate of drug-likeness (QED) is 0.573. The van der Waals surface area contributed by atoms with Crippen molar-refractivity contribution in [3.63, 3.8) is 0 Å². The van der Waals surface area contributed by atoms with Gasteiger partial charge in [-0.3, -0.25) is 9.69 Å². The van der Waals surface area contributed by atoms with Crippen molar-refractivity contribution in [3.05, 3.63) is 0 Å². The highest BCUT2D eigenvalue weighted by Crippen LogP contribution is 2.37. The Morgan fingerprint density at radius 2 is 1.77 bits per heavy atom. The van der Waals surface area contributed by atoms with Crippen molar-refractivity contribution >= 4 is 5.78 Å². The van der Waals surface area contributed by atoms with E-state index in [1.54, 1.807) is 0 Å². The summed E-state index contributed by atoms with van der Waals surface area (Å²) in [6, 6.07) is 0. The summed E-state index contributed by atoms with van der Waals surface area (Å²) in [5.74, 6) is 0.565. The third kappa shape index (κ3) is 1.52. The fraction of sp³-hybridized carbons (Fsp3) is 0.909. The number of likely N-dealkylation sites (tertiary alicyclic amines) is 1. The fourth-order valence-corrected chi connectivity index (χ4v) is 2.50. The second-order valence-electron chi connectivity index (χ2n) is 5.40. The maximum Gasteiger partial charge on any atom is 0.155 e. The second kappa shape index (κ2) is 2.81. The Hall–Kier alpha value is -0.370. The first-order valence-electron chi connectivity index (χ1n) is 4.98. The molecule has 0 aliphatic carbocycles. The van der Waals surface area contributed by atoms with Gasteiger partial charge in [-0.25, -0.2) is 0 Å². The molecule has 0 bridgehead atoms. The molecule has 0 aromatic carbocycles. The van der Waals surface area contributed by atoms with E-state index in [1.165, 1.54) is 0 Å². The zero-order chi connectivity index (χ0) is 10.4. The molecule has 0 aromatic rings. The predicted octanol–water partition coefficient (Wildman–Crippen LogP) is 2.08. The van der Waals surface area contributed by atoms with Crippen molar-refractivity contribution in [1.82, 2.24) is 4.90 Å². The molecule has 1 fully saturated rings. The highest BCUT2D eigenvalue weighted by Gasteiger charge is 2.47. The van der Waals surface area contributed by atoms with Gasteiger partial charge in [-0.2, -0.15) is 0 Å². The molecule has 0 spiro atoms. The largest absolute Gasteiger partial charge is 0.297 e. The van der Waals surface area contributed by atoms with Crippen LogP contribution in [0.5, 0.6) is 0 Å². The van der Waals surface area contributed by atoms with Crippen LogP contribution in [0.25, 0.3) is 0 Å². The zero-order valence-corrected chi connectivity index (χ0v) is 9.64. The summed E-state index contributed by atoms with van der Waals surface area (Å²) in [6.45, 7) is 10.5. The first kappa shape index (κ1) is 10.7. The van der Waals surface area contributed by atoms with Crippen LogP contribution in [-0.2, 0) is 4.79 Å². The maximum absolute atomic E-state index is 11.9. The summed E-state index contributed by atoms with van der Waals surface area (Å²) in [7, 11) is 2.05. The molecule has 1 aliphatic heterocycles. The van der Waals surface area contributed by atoms with Gasteiger partial charge in [0.15, 0.2) is 5.78 Å². The van der Waals surface area contributed by atoms with Gasteiger partial charge in [-0.15, -0.1) is 0 Å². The van der Waals surface area contributed by atoms with E-state index in [4.69, 9.17) is 0 Å². The van der Waals surface area contributed by atoms with Gasteiger partial charge in [-0.05, 0) is 41.2 Å². The van der Waals surface area contributed by atoms with Gasteiger partial charge in [0.1, 0.15) is 0 Å². The maximum atomic E-state index is 11.9. The van der Waals surface area contributed by atoms with Crippen LogP contribution in [0, 0.1) is 5.92 Å². The number of carbonyl (C=O) groups is 1. The number of likely N-dealkylation sites (N-methyl/N-ethyl adjacent to an activating group) is 1. The average molecular weight is 183 g/mol. The van der Waals surface area contributed by atoms with Crippen LogP contribution in [0.15, 0.2) is 0 Å². The highest BCUT2D eigenvalue weighted by atomic mass is 16.1. The number of Topliss-reactive ketones (excluding diaryl/α,β-unsaturated/α-hetero) is 1. The number of nitrogens with zero attached hydrogens (tertiary/aromatic N) is 1. The molecular weight excluding hydrogens is 162 g/mol. The molecule has 76 valence electrons. The third-order valence-corrected chi connectivity index (χ3v) is 3.60. The van der Waals surface area contributed by atoms with Gasteiger partial charge in [-0.1, -0.05) is 6.92 Å². The fourth-order valence-electron chi connectivity index (χ4n) is 2.50. The summed E-state index contributed by atoms with van der Waals surface area (Å²) < 4.78 is 0. The number of rotatable bonds is 0. The van der Waals surface area contributed by atoms with Gasteiger partial charge in [0, 0.05) is 11.5 Å². The highest BCUT2D eigenvalue weighted by molar-refractivity contribution is 5.90. The molecule has 2 nitrogen and oxygen atoms in total. The molecule has 1 saturated heterocycles. The Morgan fingerprint density at radius 3 is 2.23 bits per heavy atom. The van der Waals surface area contributed by atoms with E-state index in [2.05, 4.69) is 18.7 Å². The third-order valence-electron chi connectivity index (χ3n) is 3.60. The minimum absolute atomic E-state index is 0.136. The minimum Gasteiger partial charge on any atom is -0.297 e. The van der Waals surface area contributed by atoms with Crippen molar-refractivity contribution in [2.45, 2.75) is 52.1 Å². The molecule has 0 amide bonds. The van der Waals surface area contributed by atoms with Crippen molar-refractivity contribution in [3.8, 4) is 0 Å². The molecular formula is C11H21NO.